The predicted octanol–water partition coefficient (Wildman–Crippen LogP) is 15.3. The lowest BCUT2D eigenvalue weighted by molar-refractivity contribution is 0.194. The van der Waals surface area contributed by atoms with E-state index in [4.69, 9.17) is 0 Å². The van der Waals surface area contributed by atoms with Crippen LogP contribution in [0, 0.1) is 27.7 Å². The molecular formula is C57H60N2. The molecule has 0 radical (unpaired) electrons. The van der Waals surface area contributed by atoms with Gasteiger partial charge in [0.1, 0.15) is 0 Å². The summed E-state index contributed by atoms with van der Waals surface area (Å²) in [5, 5.41) is 0. The van der Waals surface area contributed by atoms with Gasteiger partial charge in [-0.15, -0.1) is 0 Å². The molecule has 6 aromatic rings. The lowest BCUT2D eigenvalue weighted by Gasteiger charge is -2.50. The predicted molar refractivity (Wildman–Crippen MR) is 250 cm³/mol. The van der Waals surface area contributed by atoms with Gasteiger partial charge in [0.2, 0.25) is 0 Å². The summed E-state index contributed by atoms with van der Waals surface area (Å²) in [6.45, 7) is 19.8. The van der Waals surface area contributed by atoms with Gasteiger partial charge < -0.3 is 9.80 Å². The van der Waals surface area contributed by atoms with E-state index in [0.717, 1.165) is 6.42 Å². The second-order valence-electron chi connectivity index (χ2n) is 20.1. The molecule has 0 spiro atoms. The van der Waals surface area contributed by atoms with E-state index in [9.17, 15) is 0 Å². The number of nitrogens with zero attached hydrogens (tertiary/aromatic N) is 2. The van der Waals surface area contributed by atoms with Gasteiger partial charge in [-0.05, 0) is 188 Å². The molecule has 0 N–H and O–H groups in total. The van der Waals surface area contributed by atoms with Crippen molar-refractivity contribution in [2.24, 2.45) is 0 Å². The van der Waals surface area contributed by atoms with Crippen LogP contribution < -0.4 is 9.80 Å². The van der Waals surface area contributed by atoms with Crippen LogP contribution in [0.5, 0.6) is 0 Å². The van der Waals surface area contributed by atoms with Gasteiger partial charge in [0.25, 0.3) is 0 Å². The minimum Gasteiger partial charge on any atom is -0.334 e. The largest absolute Gasteiger partial charge is 0.334 e. The molecule has 298 valence electrons. The van der Waals surface area contributed by atoms with Crippen LogP contribution in [0.15, 0.2) is 109 Å². The van der Waals surface area contributed by atoms with Gasteiger partial charge in [0, 0.05) is 33.6 Å². The van der Waals surface area contributed by atoms with Crippen molar-refractivity contribution in [3.8, 4) is 33.4 Å². The molecule has 59 heavy (non-hydrogen) atoms. The van der Waals surface area contributed by atoms with E-state index in [1.54, 1.807) is 11.1 Å². The molecule has 0 saturated heterocycles. The van der Waals surface area contributed by atoms with Crippen LogP contribution in [0.1, 0.15) is 124 Å². The zero-order valence-corrected chi connectivity index (χ0v) is 36.7. The molecule has 4 unspecified atom stereocenters. The first-order valence-corrected chi connectivity index (χ1v) is 22.7. The summed E-state index contributed by atoms with van der Waals surface area (Å²) in [7, 11) is 0. The third kappa shape index (κ3) is 4.81. The minimum absolute atomic E-state index is 0.0468. The summed E-state index contributed by atoms with van der Waals surface area (Å²) in [5.41, 5.74) is 26.0. The zero-order valence-electron chi connectivity index (χ0n) is 36.7. The molecule has 5 aliphatic rings. The van der Waals surface area contributed by atoms with Gasteiger partial charge in [0.15, 0.2) is 0 Å². The van der Waals surface area contributed by atoms with Crippen LogP contribution in [0.3, 0.4) is 0 Å². The lowest BCUT2D eigenvalue weighted by atomic mass is 9.60. The van der Waals surface area contributed by atoms with Crippen molar-refractivity contribution in [1.82, 2.24) is 0 Å². The summed E-state index contributed by atoms with van der Waals surface area (Å²) in [6, 6.07) is 42.2. The monoisotopic (exact) mass is 772 g/mol. The Balaban J connectivity index is 0.976. The first kappa shape index (κ1) is 37.0. The Morgan fingerprint density at radius 3 is 1.22 bits per heavy atom. The molecule has 11 rings (SSSR count). The van der Waals surface area contributed by atoms with Crippen LogP contribution in [0.25, 0.3) is 33.4 Å². The highest BCUT2D eigenvalue weighted by Gasteiger charge is 2.60. The third-order valence-corrected chi connectivity index (χ3v) is 17.1. The number of hydrogen-bond acceptors (Lipinski definition) is 2. The summed E-state index contributed by atoms with van der Waals surface area (Å²) in [4.78, 5) is 5.48. The zero-order chi connectivity index (χ0) is 40.6. The fourth-order valence-corrected chi connectivity index (χ4v) is 13.8. The minimum atomic E-state index is 0.0468. The quantitative estimate of drug-likeness (QED) is 0.176. The van der Waals surface area contributed by atoms with Crippen molar-refractivity contribution < 1.29 is 0 Å². The lowest BCUT2D eigenvalue weighted by Crippen LogP contribution is -2.54. The Labute approximate surface area is 353 Å². The molecule has 4 atom stereocenters. The fraction of sp³-hybridized carbons (Fsp3) is 0.368. The van der Waals surface area contributed by atoms with Gasteiger partial charge >= 0.3 is 0 Å². The van der Waals surface area contributed by atoms with Crippen molar-refractivity contribution in [1.29, 1.82) is 0 Å². The second-order valence-corrected chi connectivity index (χ2v) is 20.1. The van der Waals surface area contributed by atoms with Crippen LogP contribution in [-0.2, 0) is 17.3 Å². The Bertz CT molecular complexity index is 2520. The second kappa shape index (κ2) is 12.7. The molecule has 6 aromatic carbocycles. The van der Waals surface area contributed by atoms with Gasteiger partial charge in [0.05, 0.1) is 11.1 Å². The molecule has 0 amide bonds. The van der Waals surface area contributed by atoms with Crippen molar-refractivity contribution in [3.05, 3.63) is 154 Å². The van der Waals surface area contributed by atoms with Crippen LogP contribution in [0.4, 0.5) is 22.7 Å². The van der Waals surface area contributed by atoms with Crippen molar-refractivity contribution in [3.63, 3.8) is 0 Å². The maximum absolute atomic E-state index is 2.74. The van der Waals surface area contributed by atoms with E-state index in [1.165, 1.54) is 141 Å². The summed E-state index contributed by atoms with van der Waals surface area (Å²) >= 11 is 0. The van der Waals surface area contributed by atoms with Gasteiger partial charge in [-0.1, -0.05) is 112 Å². The fourth-order valence-electron chi connectivity index (χ4n) is 13.8. The number of aryl methyl sites for hydroxylation is 2. The highest BCUT2D eigenvalue weighted by Crippen LogP contribution is 2.65. The normalized spacial score (nSPS) is 26.2. The highest BCUT2D eigenvalue weighted by molar-refractivity contribution is 5.90. The maximum atomic E-state index is 2.74. The molecular weight excluding hydrogens is 713 g/mol. The number of para-hydroxylation sites is 2. The summed E-state index contributed by atoms with van der Waals surface area (Å²) in [6.07, 6.45) is 11.1. The third-order valence-electron chi connectivity index (χ3n) is 17.1. The number of hydrogen-bond donors (Lipinski definition) is 0. The van der Waals surface area contributed by atoms with E-state index < -0.39 is 0 Å². The molecule has 3 aliphatic carbocycles. The Morgan fingerprint density at radius 2 is 0.814 bits per heavy atom. The maximum Gasteiger partial charge on any atom is 0.0518 e. The van der Waals surface area contributed by atoms with E-state index in [1.807, 2.05) is 0 Å². The van der Waals surface area contributed by atoms with E-state index >= 15 is 0 Å². The molecule has 2 fully saturated rings. The first-order valence-electron chi connectivity index (χ1n) is 22.7. The van der Waals surface area contributed by atoms with E-state index in [-0.39, 0.29) is 21.9 Å². The van der Waals surface area contributed by atoms with E-state index in [2.05, 4.69) is 174 Å². The SMILES string of the molecule is Cc1cc(-c2ccc3c(c2)Cc2cc(-c4cc(C)c5c(c4C)C4(C)CCCCC4(C)N5c4ccccc4)ccc2-3)c(C)c2c1N(c1ccccc1)C1(C)CCCCC21C. The molecule has 2 aliphatic heterocycles. The molecule has 0 aromatic heterocycles. The van der Waals surface area contributed by atoms with Crippen molar-refractivity contribution >= 4 is 22.7 Å². The number of fused-ring (bicyclic) bond motifs is 9. The molecule has 2 heteroatoms. The molecule has 0 bridgehead atoms. The smallest absolute Gasteiger partial charge is 0.0518 e. The Kier molecular flexibility index (Phi) is 7.97. The molecule has 2 saturated carbocycles. The standard InChI is InChI=1S/C57H60N2/c1-36-31-48(38(3)50-52(36)58(44-19-11-9-12-20-44)56(7)29-17-15-27-54(50,56)5)40-23-25-46-42(33-40)35-43-34-41(24-26-47(43)46)49-32-37(2)53-51(39(49)4)55(6)28-16-18-30-57(55,8)59(53)45-21-13-10-14-22-45/h9-14,19-26,31-34H,15-18,27-30,35H2,1-8H3. The van der Waals surface area contributed by atoms with Crippen LogP contribution >= 0.6 is 0 Å². The average Bonchev–Trinajstić information content (AvgIpc) is 3.80. The van der Waals surface area contributed by atoms with E-state index in [0.29, 0.717) is 0 Å². The van der Waals surface area contributed by atoms with Gasteiger partial charge in [-0.3, -0.25) is 0 Å². The molecule has 2 nitrogen and oxygen atoms in total. The Morgan fingerprint density at radius 1 is 0.424 bits per heavy atom. The van der Waals surface area contributed by atoms with Crippen LogP contribution in [-0.4, -0.2) is 11.1 Å². The Hall–Kier alpha value is -5.08. The van der Waals surface area contributed by atoms with Crippen LogP contribution in [0.2, 0.25) is 0 Å². The van der Waals surface area contributed by atoms with Crippen molar-refractivity contribution in [2.75, 3.05) is 9.80 Å². The highest BCUT2D eigenvalue weighted by atomic mass is 15.3. The number of rotatable bonds is 4. The van der Waals surface area contributed by atoms with Gasteiger partial charge in [-0.2, -0.15) is 0 Å². The summed E-state index contributed by atoms with van der Waals surface area (Å²) < 4.78 is 0. The van der Waals surface area contributed by atoms with Crippen molar-refractivity contribution in [2.45, 2.75) is 135 Å². The molecule has 2 heterocycles. The number of benzene rings is 6. The summed E-state index contributed by atoms with van der Waals surface area (Å²) in [5.74, 6) is 0. The first-order chi connectivity index (χ1) is 28.4. The topological polar surface area (TPSA) is 6.48 Å². The number of anilines is 4. The van der Waals surface area contributed by atoms with Gasteiger partial charge in [-0.25, -0.2) is 0 Å². The average molecular weight is 773 g/mol.